The van der Waals surface area contributed by atoms with Crippen molar-refractivity contribution < 1.29 is 35.1 Å². The van der Waals surface area contributed by atoms with Gasteiger partial charge in [-0.3, -0.25) is 14.8 Å². The molecule has 0 unspecified atom stereocenters. The number of Topliss-reactive ketones (excluding diaryl/α,β-unsaturated/α-hetero) is 1. The van der Waals surface area contributed by atoms with Gasteiger partial charge in [-0.2, -0.15) is 0 Å². The SMILES string of the molecule is CC(=O)/C(O)=C(/C)O.Cc1cc2c3c(nccc3c1)-c1[c-]c3ccncc3cc1C2(C)C.[Ir]. The first kappa shape index (κ1) is 24.6. The molecule has 5 nitrogen and oxygen atoms in total. The van der Waals surface area contributed by atoms with Gasteiger partial charge >= 0.3 is 0 Å². The van der Waals surface area contributed by atoms with E-state index in [1.165, 1.54) is 41.3 Å². The van der Waals surface area contributed by atoms with Crippen LogP contribution in [0.3, 0.4) is 0 Å². The fourth-order valence-corrected chi connectivity index (χ4v) is 4.29. The van der Waals surface area contributed by atoms with Crippen LogP contribution >= 0.6 is 0 Å². The van der Waals surface area contributed by atoms with Gasteiger partial charge in [-0.05, 0) is 54.1 Å². The Morgan fingerprint density at radius 1 is 1.00 bits per heavy atom. The Bertz CT molecular complexity index is 1420. The van der Waals surface area contributed by atoms with E-state index < -0.39 is 11.5 Å². The quantitative estimate of drug-likeness (QED) is 0.153. The Morgan fingerprint density at radius 2 is 1.73 bits per heavy atom. The molecular formula is C27H25IrN2O3-. The Hall–Kier alpha value is -3.08. The number of rotatable bonds is 1. The molecule has 0 aliphatic heterocycles. The third-order valence-corrected chi connectivity index (χ3v) is 5.95. The molecular weight excluding hydrogens is 593 g/mol. The van der Waals surface area contributed by atoms with E-state index in [1.54, 1.807) is 0 Å². The van der Waals surface area contributed by atoms with Gasteiger partial charge in [0.25, 0.3) is 0 Å². The maximum Gasteiger partial charge on any atom is 0.197 e. The van der Waals surface area contributed by atoms with Crippen LogP contribution in [0.25, 0.3) is 32.8 Å². The maximum atomic E-state index is 10.1. The summed E-state index contributed by atoms with van der Waals surface area (Å²) >= 11 is 0. The number of fused-ring (bicyclic) bond motifs is 3. The van der Waals surface area contributed by atoms with Crippen molar-refractivity contribution in [3.8, 4) is 11.3 Å². The van der Waals surface area contributed by atoms with Gasteiger partial charge in [0.1, 0.15) is 5.76 Å². The summed E-state index contributed by atoms with van der Waals surface area (Å²) in [4.78, 5) is 19.1. The number of pyridine rings is 2. The van der Waals surface area contributed by atoms with E-state index in [2.05, 4.69) is 56.1 Å². The number of allylic oxidation sites excluding steroid dienone is 2. The van der Waals surface area contributed by atoms with Gasteiger partial charge in [0, 0.05) is 38.9 Å². The van der Waals surface area contributed by atoms with Crippen LogP contribution in [0.2, 0.25) is 0 Å². The molecule has 2 aromatic carbocycles. The Balaban J connectivity index is 0.000000297. The topological polar surface area (TPSA) is 83.3 Å². The van der Waals surface area contributed by atoms with Crippen molar-refractivity contribution in [2.24, 2.45) is 0 Å². The second-order valence-corrected chi connectivity index (χ2v) is 8.71. The zero-order valence-electron chi connectivity index (χ0n) is 19.1. The minimum absolute atomic E-state index is 0. The molecule has 1 aliphatic carbocycles. The van der Waals surface area contributed by atoms with Crippen molar-refractivity contribution >= 4 is 27.3 Å². The molecule has 2 N–H and O–H groups in total. The van der Waals surface area contributed by atoms with Crippen LogP contribution in [0.15, 0.2) is 60.4 Å². The predicted octanol–water partition coefficient (Wildman–Crippen LogP) is 6.12. The van der Waals surface area contributed by atoms with Gasteiger partial charge in [-0.1, -0.05) is 48.1 Å². The number of hydrogen-bond acceptors (Lipinski definition) is 5. The normalized spacial score (nSPS) is 13.8. The standard InChI is InChI=1S/C22H17N2.C5H8O3.Ir/c1-13-8-15-5-7-24-21-17-10-14-4-6-23-12-16(14)11-18(17)22(2,3)19(9-13)20(15)21;1-3(6)5(8)4(2)7;/h4-9,11-12H,1-3H3;6,8H,1-2H3;/q-1;;/b;5-3+;. The van der Waals surface area contributed by atoms with Crippen molar-refractivity contribution in [2.45, 2.75) is 40.0 Å². The third-order valence-electron chi connectivity index (χ3n) is 5.95. The molecule has 0 atom stereocenters. The molecule has 6 heteroatoms. The Labute approximate surface area is 206 Å². The zero-order chi connectivity index (χ0) is 23.2. The summed E-state index contributed by atoms with van der Waals surface area (Å²) in [7, 11) is 0. The summed E-state index contributed by atoms with van der Waals surface area (Å²) in [5.74, 6) is -1.42. The number of nitrogens with zero attached hydrogens (tertiary/aromatic N) is 2. The van der Waals surface area contributed by atoms with Crippen molar-refractivity contribution in [1.29, 1.82) is 0 Å². The van der Waals surface area contributed by atoms with Crippen molar-refractivity contribution in [3.63, 3.8) is 0 Å². The number of aromatic nitrogens is 2. The van der Waals surface area contributed by atoms with Gasteiger partial charge in [0.05, 0.1) is 0 Å². The third kappa shape index (κ3) is 4.29. The summed E-state index contributed by atoms with van der Waals surface area (Å²) in [6.45, 7) is 9.18. The predicted molar refractivity (Wildman–Crippen MR) is 127 cm³/mol. The van der Waals surface area contributed by atoms with Gasteiger partial charge in [0.2, 0.25) is 0 Å². The Morgan fingerprint density at radius 3 is 2.36 bits per heavy atom. The molecule has 5 rings (SSSR count). The fraction of sp³-hybridized carbons (Fsp3) is 0.222. The van der Waals surface area contributed by atoms with E-state index in [0.29, 0.717) is 0 Å². The van der Waals surface area contributed by atoms with Gasteiger partial charge in [0.15, 0.2) is 11.5 Å². The number of aliphatic hydroxyl groups excluding tert-OH is 2. The van der Waals surface area contributed by atoms with E-state index in [0.717, 1.165) is 22.0 Å². The van der Waals surface area contributed by atoms with Gasteiger partial charge in [-0.15, -0.1) is 23.6 Å². The molecule has 1 radical (unpaired) electrons. The first-order chi connectivity index (χ1) is 15.1. The molecule has 0 amide bonds. The monoisotopic (exact) mass is 618 g/mol. The molecule has 0 fully saturated rings. The second-order valence-electron chi connectivity index (χ2n) is 8.71. The summed E-state index contributed by atoms with van der Waals surface area (Å²) in [6.07, 6.45) is 5.65. The molecule has 1 aliphatic rings. The first-order valence-corrected chi connectivity index (χ1v) is 10.4. The van der Waals surface area contributed by atoms with E-state index >= 15 is 0 Å². The summed E-state index contributed by atoms with van der Waals surface area (Å²) in [6, 6.07) is 14.6. The average Bonchev–Trinajstić information content (AvgIpc) is 2.76. The minimum atomic E-state index is -0.565. The molecule has 0 bridgehead atoms. The molecule has 0 saturated carbocycles. The van der Waals surface area contributed by atoms with Crippen LogP contribution in [-0.4, -0.2) is 26.0 Å². The van der Waals surface area contributed by atoms with E-state index in [4.69, 9.17) is 15.2 Å². The average molecular weight is 618 g/mol. The summed E-state index contributed by atoms with van der Waals surface area (Å²) in [5.41, 5.74) is 6.01. The van der Waals surface area contributed by atoms with E-state index in [9.17, 15) is 4.79 Å². The second kappa shape index (κ2) is 9.05. The molecule has 171 valence electrons. The molecule has 0 saturated heterocycles. The molecule has 33 heavy (non-hydrogen) atoms. The van der Waals surface area contributed by atoms with Crippen molar-refractivity contribution in [2.75, 3.05) is 0 Å². The molecule has 4 aromatic rings. The zero-order valence-corrected chi connectivity index (χ0v) is 21.5. The summed E-state index contributed by atoms with van der Waals surface area (Å²) < 4.78 is 0. The van der Waals surface area contributed by atoms with E-state index in [1.807, 2.05) is 24.7 Å². The van der Waals surface area contributed by atoms with Crippen LogP contribution in [0.1, 0.15) is 44.4 Å². The minimum Gasteiger partial charge on any atom is -0.509 e. The number of carbonyl (C=O) groups excluding carboxylic acids is 1. The van der Waals surface area contributed by atoms with Gasteiger partial charge in [-0.25, -0.2) is 0 Å². The van der Waals surface area contributed by atoms with E-state index in [-0.39, 0.29) is 31.3 Å². The Kier molecular flexibility index (Phi) is 6.73. The van der Waals surface area contributed by atoms with Crippen LogP contribution < -0.4 is 0 Å². The van der Waals surface area contributed by atoms with Crippen LogP contribution in [-0.2, 0) is 30.3 Å². The van der Waals surface area contributed by atoms with Gasteiger partial charge < -0.3 is 10.2 Å². The van der Waals surface area contributed by atoms with Crippen molar-refractivity contribution in [3.05, 3.63) is 83.2 Å². The van der Waals surface area contributed by atoms with Crippen LogP contribution in [0.4, 0.5) is 0 Å². The van der Waals surface area contributed by atoms with Crippen molar-refractivity contribution in [1.82, 2.24) is 9.97 Å². The maximum absolute atomic E-state index is 10.1. The molecule has 2 heterocycles. The number of benzene rings is 2. The number of carbonyl (C=O) groups is 1. The largest absolute Gasteiger partial charge is 0.509 e. The number of ketones is 1. The summed E-state index contributed by atoms with van der Waals surface area (Å²) in [5, 5.41) is 21.6. The number of aryl methyl sites for hydroxylation is 1. The van der Waals surface area contributed by atoms with Crippen LogP contribution in [0, 0.1) is 13.0 Å². The first-order valence-electron chi connectivity index (χ1n) is 10.4. The number of hydrogen-bond donors (Lipinski definition) is 2. The number of aliphatic hydroxyl groups is 2. The smallest absolute Gasteiger partial charge is 0.197 e. The van der Waals surface area contributed by atoms with Crippen LogP contribution in [0.5, 0.6) is 0 Å². The fourth-order valence-electron chi connectivity index (χ4n) is 4.29. The molecule has 2 aromatic heterocycles. The molecule has 0 spiro atoms.